The quantitative estimate of drug-likeness (QED) is 0.351. The van der Waals surface area contributed by atoms with Crippen molar-refractivity contribution in [3.05, 3.63) is 59.2 Å². The number of nitrogens with zero attached hydrogens (tertiary/aromatic N) is 2. The molecule has 0 amide bonds. The van der Waals surface area contributed by atoms with Crippen LogP contribution in [0.5, 0.6) is 0 Å². The van der Waals surface area contributed by atoms with E-state index in [1.54, 1.807) is 31.4 Å². The van der Waals surface area contributed by atoms with Crippen LogP contribution < -0.4 is 0 Å². The Hall–Kier alpha value is -3.45. The Balaban J connectivity index is 1.56. The first-order chi connectivity index (χ1) is 14.1. The molecule has 0 aliphatic rings. The minimum absolute atomic E-state index is 0.209. The molecule has 0 spiro atoms. The molecular weight excluding hydrogens is 372 g/mol. The normalized spacial score (nSPS) is 11.1. The summed E-state index contributed by atoms with van der Waals surface area (Å²) >= 11 is 0. The lowest BCUT2D eigenvalue weighted by Gasteiger charge is -2.04. The Morgan fingerprint density at radius 3 is 2.38 bits per heavy atom. The number of aryl methyl sites for hydroxylation is 2. The molecule has 2 aromatic heterocycles. The number of ether oxygens (including phenoxy) is 2. The lowest BCUT2D eigenvalue weighted by Crippen LogP contribution is -2.09. The van der Waals surface area contributed by atoms with Crippen LogP contribution in [0.1, 0.15) is 21.5 Å². The molecule has 0 unspecified atom stereocenters. The van der Waals surface area contributed by atoms with E-state index in [4.69, 9.17) is 18.3 Å². The Kier molecular flexibility index (Phi) is 5.14. The number of furan rings is 1. The van der Waals surface area contributed by atoms with E-state index in [1.165, 1.54) is 0 Å². The van der Waals surface area contributed by atoms with Gasteiger partial charge in [-0.05, 0) is 55.3 Å². The van der Waals surface area contributed by atoms with Gasteiger partial charge in [-0.15, -0.1) is 10.2 Å². The third kappa shape index (κ3) is 3.77. The monoisotopic (exact) mass is 392 g/mol. The molecule has 4 rings (SSSR count). The van der Waals surface area contributed by atoms with E-state index in [9.17, 15) is 4.79 Å². The standard InChI is InChI=1S/C22H20N2O5/c1-13-4-5-14(2)19-17(13)12-18(28-19)21-24-23-20(29-21)15-6-8-16(9-7-15)22(25)27-11-10-26-3/h4-9,12H,10-11H2,1-3H3. The van der Waals surface area contributed by atoms with Gasteiger partial charge in [0.05, 0.1) is 12.2 Å². The second kappa shape index (κ2) is 7.89. The Morgan fingerprint density at radius 1 is 0.931 bits per heavy atom. The Labute approximate surface area is 167 Å². The summed E-state index contributed by atoms with van der Waals surface area (Å²) in [4.78, 5) is 12.0. The van der Waals surface area contributed by atoms with E-state index in [1.807, 2.05) is 26.0 Å². The van der Waals surface area contributed by atoms with Gasteiger partial charge in [-0.1, -0.05) is 12.1 Å². The second-order valence-electron chi connectivity index (χ2n) is 6.67. The Bertz CT molecular complexity index is 1120. The van der Waals surface area contributed by atoms with Gasteiger partial charge in [-0.2, -0.15) is 0 Å². The largest absolute Gasteiger partial charge is 0.460 e. The molecular formula is C22H20N2O5. The molecule has 0 atom stereocenters. The van der Waals surface area contributed by atoms with Crippen molar-refractivity contribution in [1.29, 1.82) is 0 Å². The minimum Gasteiger partial charge on any atom is -0.460 e. The van der Waals surface area contributed by atoms with Crippen molar-refractivity contribution in [1.82, 2.24) is 10.2 Å². The van der Waals surface area contributed by atoms with Gasteiger partial charge in [-0.3, -0.25) is 0 Å². The molecule has 0 aliphatic carbocycles. The van der Waals surface area contributed by atoms with Crippen LogP contribution in [0.3, 0.4) is 0 Å². The van der Waals surface area contributed by atoms with Crippen molar-refractivity contribution in [3.63, 3.8) is 0 Å². The maximum Gasteiger partial charge on any atom is 0.338 e. The zero-order valence-electron chi connectivity index (χ0n) is 16.4. The average molecular weight is 392 g/mol. The van der Waals surface area contributed by atoms with Crippen molar-refractivity contribution in [2.75, 3.05) is 20.3 Å². The number of methoxy groups -OCH3 is 1. The molecule has 4 aromatic rings. The topological polar surface area (TPSA) is 87.6 Å². The van der Waals surface area contributed by atoms with Crippen LogP contribution in [0.2, 0.25) is 0 Å². The van der Waals surface area contributed by atoms with Crippen LogP contribution in [-0.2, 0) is 9.47 Å². The number of hydrogen-bond acceptors (Lipinski definition) is 7. The number of hydrogen-bond donors (Lipinski definition) is 0. The summed E-state index contributed by atoms with van der Waals surface area (Å²) in [5.41, 5.74) is 4.11. The van der Waals surface area contributed by atoms with Gasteiger partial charge in [0.25, 0.3) is 5.89 Å². The number of benzene rings is 2. The molecule has 2 heterocycles. The number of rotatable bonds is 6. The lowest BCUT2D eigenvalue weighted by molar-refractivity contribution is 0.0388. The average Bonchev–Trinajstić information content (AvgIpc) is 3.39. The highest BCUT2D eigenvalue weighted by molar-refractivity contribution is 5.90. The zero-order chi connectivity index (χ0) is 20.4. The Morgan fingerprint density at radius 2 is 1.66 bits per heavy atom. The molecule has 0 saturated carbocycles. The van der Waals surface area contributed by atoms with E-state index in [2.05, 4.69) is 16.3 Å². The van der Waals surface area contributed by atoms with Crippen molar-refractivity contribution in [2.24, 2.45) is 0 Å². The predicted molar refractivity (Wildman–Crippen MR) is 107 cm³/mol. The summed E-state index contributed by atoms with van der Waals surface area (Å²) in [7, 11) is 1.55. The number of esters is 1. The van der Waals surface area contributed by atoms with Crippen LogP contribution in [-0.4, -0.2) is 36.5 Å². The van der Waals surface area contributed by atoms with Gasteiger partial charge in [0.15, 0.2) is 5.76 Å². The summed E-state index contributed by atoms with van der Waals surface area (Å²) in [5.74, 6) is 0.758. The van der Waals surface area contributed by atoms with Crippen LogP contribution in [0, 0.1) is 13.8 Å². The van der Waals surface area contributed by atoms with Gasteiger partial charge >= 0.3 is 5.97 Å². The fourth-order valence-electron chi connectivity index (χ4n) is 2.99. The maximum absolute atomic E-state index is 12.0. The van der Waals surface area contributed by atoms with Gasteiger partial charge < -0.3 is 18.3 Å². The highest BCUT2D eigenvalue weighted by atomic mass is 16.6. The summed E-state index contributed by atoms with van der Waals surface area (Å²) in [5, 5.41) is 9.24. The molecule has 29 heavy (non-hydrogen) atoms. The molecule has 0 aliphatic heterocycles. The summed E-state index contributed by atoms with van der Waals surface area (Å²) in [6.07, 6.45) is 0. The summed E-state index contributed by atoms with van der Waals surface area (Å²) in [6, 6.07) is 12.8. The van der Waals surface area contributed by atoms with Gasteiger partial charge in [0.2, 0.25) is 5.89 Å². The van der Waals surface area contributed by atoms with Crippen molar-refractivity contribution in [3.8, 4) is 23.1 Å². The fraction of sp³-hybridized carbons (Fsp3) is 0.227. The third-order valence-electron chi connectivity index (χ3n) is 4.62. The van der Waals surface area contributed by atoms with Crippen molar-refractivity contribution >= 4 is 16.9 Å². The molecule has 0 radical (unpaired) electrons. The first-order valence-electron chi connectivity index (χ1n) is 9.17. The predicted octanol–water partition coefficient (Wildman–Crippen LogP) is 4.57. The molecule has 0 N–H and O–H groups in total. The first-order valence-corrected chi connectivity index (χ1v) is 9.17. The maximum atomic E-state index is 12.0. The number of aromatic nitrogens is 2. The third-order valence-corrected chi connectivity index (χ3v) is 4.62. The van der Waals surface area contributed by atoms with E-state index < -0.39 is 5.97 Å². The van der Waals surface area contributed by atoms with Gasteiger partial charge in [0, 0.05) is 18.1 Å². The van der Waals surface area contributed by atoms with Crippen LogP contribution >= 0.6 is 0 Å². The zero-order valence-corrected chi connectivity index (χ0v) is 16.4. The van der Waals surface area contributed by atoms with Crippen LogP contribution in [0.15, 0.2) is 51.3 Å². The molecule has 7 nitrogen and oxygen atoms in total. The van der Waals surface area contributed by atoms with Gasteiger partial charge in [0.1, 0.15) is 12.2 Å². The lowest BCUT2D eigenvalue weighted by atomic mass is 10.1. The molecule has 0 fully saturated rings. The van der Waals surface area contributed by atoms with E-state index >= 15 is 0 Å². The van der Waals surface area contributed by atoms with Crippen LogP contribution in [0.25, 0.3) is 34.1 Å². The number of fused-ring (bicyclic) bond motifs is 1. The summed E-state index contributed by atoms with van der Waals surface area (Å²) < 4.78 is 21.7. The number of carbonyl (C=O) groups excluding carboxylic acids is 1. The number of carbonyl (C=O) groups is 1. The van der Waals surface area contributed by atoms with Crippen molar-refractivity contribution < 1.29 is 23.1 Å². The molecule has 148 valence electrons. The van der Waals surface area contributed by atoms with Gasteiger partial charge in [-0.25, -0.2) is 4.79 Å². The molecule has 0 bridgehead atoms. The molecule has 7 heteroatoms. The van der Waals surface area contributed by atoms with E-state index in [-0.39, 0.29) is 6.61 Å². The second-order valence-corrected chi connectivity index (χ2v) is 6.67. The van der Waals surface area contributed by atoms with Crippen LogP contribution in [0.4, 0.5) is 0 Å². The SMILES string of the molecule is COCCOC(=O)c1ccc(-c2nnc(-c3cc4c(C)ccc(C)c4o3)o2)cc1. The fourth-order valence-corrected chi connectivity index (χ4v) is 2.99. The smallest absolute Gasteiger partial charge is 0.338 e. The summed E-state index contributed by atoms with van der Waals surface area (Å²) in [6.45, 7) is 4.59. The van der Waals surface area contributed by atoms with Crippen molar-refractivity contribution in [2.45, 2.75) is 13.8 Å². The molecule has 0 saturated heterocycles. The highest BCUT2D eigenvalue weighted by Crippen LogP contribution is 2.32. The van der Waals surface area contributed by atoms with E-state index in [0.29, 0.717) is 35.3 Å². The minimum atomic E-state index is -0.409. The molecule has 2 aromatic carbocycles. The first kappa shape index (κ1) is 18.9. The van der Waals surface area contributed by atoms with E-state index in [0.717, 1.165) is 22.1 Å². The highest BCUT2D eigenvalue weighted by Gasteiger charge is 2.17.